The summed E-state index contributed by atoms with van der Waals surface area (Å²) in [6, 6.07) is 1.46. The number of aromatic nitrogens is 3. The molecule has 2 fully saturated rings. The molecule has 10 nitrogen and oxygen atoms in total. The Labute approximate surface area is 233 Å². The lowest BCUT2D eigenvalue weighted by Crippen LogP contribution is -2.55. The maximum Gasteiger partial charge on any atom is 0.421 e. The smallest absolute Gasteiger partial charge is 0.421 e. The van der Waals surface area contributed by atoms with Gasteiger partial charge in [-0.25, -0.2) is 8.78 Å². The first-order chi connectivity index (χ1) is 19.5. The van der Waals surface area contributed by atoms with Crippen LogP contribution in [0.15, 0.2) is 12.4 Å². The number of alkyl halides is 4. The Morgan fingerprint density at radius 1 is 1.22 bits per heavy atom. The van der Waals surface area contributed by atoms with Gasteiger partial charge in [0.1, 0.15) is 24.2 Å². The Kier molecular flexibility index (Phi) is 8.12. The maximum absolute atomic E-state index is 14.3. The molecule has 3 atom stereocenters. The highest BCUT2D eigenvalue weighted by molar-refractivity contribution is 5.74. The summed E-state index contributed by atoms with van der Waals surface area (Å²) in [6.45, 7) is 2.87. The Bertz CT molecular complexity index is 1340. The predicted octanol–water partition coefficient (Wildman–Crippen LogP) is 2.62. The summed E-state index contributed by atoms with van der Waals surface area (Å²) in [5, 5.41) is 12.4. The molecule has 1 amide bonds. The van der Waals surface area contributed by atoms with Crippen molar-refractivity contribution in [3.05, 3.63) is 35.0 Å². The quantitative estimate of drug-likeness (QED) is 0.516. The molecule has 0 aromatic carbocycles. The molecular formula is C26H29F5N8O2. The topological polar surface area (TPSA) is 111 Å². The number of amides is 1. The summed E-state index contributed by atoms with van der Waals surface area (Å²) in [6.07, 6.45) is -3.76. The van der Waals surface area contributed by atoms with Gasteiger partial charge in [0.05, 0.1) is 48.9 Å². The second-order valence-corrected chi connectivity index (χ2v) is 10.4. The van der Waals surface area contributed by atoms with E-state index < -0.39 is 23.7 Å². The van der Waals surface area contributed by atoms with E-state index in [0.29, 0.717) is 42.9 Å². The van der Waals surface area contributed by atoms with Crippen molar-refractivity contribution in [3.8, 4) is 12.1 Å². The Morgan fingerprint density at radius 2 is 2.02 bits per heavy atom. The van der Waals surface area contributed by atoms with Gasteiger partial charge in [-0.2, -0.15) is 28.4 Å². The average molecular weight is 581 g/mol. The third-order valence-corrected chi connectivity index (χ3v) is 7.62. The van der Waals surface area contributed by atoms with Crippen LogP contribution in [0.1, 0.15) is 36.6 Å². The molecule has 41 heavy (non-hydrogen) atoms. The van der Waals surface area contributed by atoms with Gasteiger partial charge in [-0.15, -0.1) is 0 Å². The summed E-state index contributed by atoms with van der Waals surface area (Å²) in [5.41, 5.74) is -0.683. The number of piperazine rings is 1. The molecule has 5 rings (SSSR count). The first-order valence-electron chi connectivity index (χ1n) is 13.3. The fourth-order valence-corrected chi connectivity index (χ4v) is 5.68. The van der Waals surface area contributed by atoms with E-state index in [9.17, 15) is 32.0 Å². The SMILES string of the molecule is CC(=O)N1CCN(c2nc(OC[C@@H]3C[C@@H](F)CN3)nc3c2CCN(c2cncc(F)c2C(F)(F)F)C3)C[C@@H]1CC#N. The van der Waals surface area contributed by atoms with Crippen LogP contribution in [-0.2, 0) is 23.9 Å². The van der Waals surface area contributed by atoms with E-state index in [4.69, 9.17) is 4.74 Å². The van der Waals surface area contributed by atoms with Crippen LogP contribution < -0.4 is 19.9 Å². The van der Waals surface area contributed by atoms with E-state index in [1.54, 1.807) is 4.90 Å². The molecule has 1 N–H and O–H groups in total. The highest BCUT2D eigenvalue weighted by atomic mass is 19.4. The zero-order chi connectivity index (χ0) is 29.3. The summed E-state index contributed by atoms with van der Waals surface area (Å²) in [4.78, 5) is 29.9. The highest BCUT2D eigenvalue weighted by Crippen LogP contribution is 2.40. The largest absolute Gasteiger partial charge is 0.462 e. The van der Waals surface area contributed by atoms with Crippen LogP contribution in [0.4, 0.5) is 33.5 Å². The molecule has 2 saturated heterocycles. The van der Waals surface area contributed by atoms with E-state index in [2.05, 4.69) is 26.3 Å². The van der Waals surface area contributed by atoms with Crippen LogP contribution in [0.25, 0.3) is 0 Å². The summed E-state index contributed by atoms with van der Waals surface area (Å²) < 4.78 is 75.1. The average Bonchev–Trinajstić information content (AvgIpc) is 3.35. The lowest BCUT2D eigenvalue weighted by atomic mass is 10.0. The molecular weight excluding hydrogens is 551 g/mol. The molecule has 220 valence electrons. The van der Waals surface area contributed by atoms with Crippen molar-refractivity contribution < 1.29 is 31.5 Å². The molecule has 0 unspecified atom stereocenters. The number of carbonyl (C=O) groups is 1. The van der Waals surface area contributed by atoms with Gasteiger partial charge in [0.15, 0.2) is 5.82 Å². The maximum atomic E-state index is 14.3. The number of rotatable bonds is 6. The first-order valence-corrected chi connectivity index (χ1v) is 13.3. The van der Waals surface area contributed by atoms with Crippen LogP contribution in [0.5, 0.6) is 6.01 Å². The number of hydrogen-bond donors (Lipinski definition) is 1. The van der Waals surface area contributed by atoms with Gasteiger partial charge in [0, 0.05) is 51.3 Å². The molecule has 15 heteroatoms. The van der Waals surface area contributed by atoms with E-state index in [-0.39, 0.29) is 75.2 Å². The van der Waals surface area contributed by atoms with Crippen molar-refractivity contribution in [2.45, 2.75) is 57.2 Å². The number of fused-ring (bicyclic) bond motifs is 1. The van der Waals surface area contributed by atoms with Crippen LogP contribution in [0.3, 0.4) is 0 Å². The standard InChI is InChI=1S/C26H29F5N8O2/c1-15(40)39-7-6-38(12-18(39)2-4-32)24-19-3-5-37(22-11-33-10-20(28)23(22)26(29,30)31)13-21(19)35-25(36-24)41-14-17-8-16(27)9-34-17/h10-11,16-18,34H,2-3,5-9,12-14H2,1H3/t16-,17+,18+/m1/s1. The van der Waals surface area contributed by atoms with Gasteiger partial charge in [0.2, 0.25) is 5.91 Å². The molecule has 0 radical (unpaired) electrons. The lowest BCUT2D eigenvalue weighted by Gasteiger charge is -2.42. The Morgan fingerprint density at radius 3 is 2.71 bits per heavy atom. The number of pyridine rings is 1. The molecule has 2 aromatic rings. The van der Waals surface area contributed by atoms with Crippen molar-refractivity contribution >= 4 is 17.4 Å². The van der Waals surface area contributed by atoms with Gasteiger partial charge in [-0.1, -0.05) is 0 Å². The zero-order valence-electron chi connectivity index (χ0n) is 22.3. The van der Waals surface area contributed by atoms with Crippen molar-refractivity contribution in [1.82, 2.24) is 25.2 Å². The van der Waals surface area contributed by atoms with Gasteiger partial charge < -0.3 is 24.8 Å². The molecule has 0 bridgehead atoms. The Balaban J connectivity index is 1.48. The molecule has 2 aromatic heterocycles. The van der Waals surface area contributed by atoms with Gasteiger partial charge >= 0.3 is 12.2 Å². The number of nitriles is 1. The van der Waals surface area contributed by atoms with Crippen molar-refractivity contribution in [3.63, 3.8) is 0 Å². The van der Waals surface area contributed by atoms with Crippen molar-refractivity contribution in [2.75, 3.05) is 49.1 Å². The summed E-state index contributed by atoms with van der Waals surface area (Å²) >= 11 is 0. The number of halogens is 5. The Hall–Kier alpha value is -3.80. The van der Waals surface area contributed by atoms with Gasteiger partial charge in [-0.3, -0.25) is 9.78 Å². The van der Waals surface area contributed by atoms with E-state index in [0.717, 1.165) is 6.20 Å². The minimum Gasteiger partial charge on any atom is -0.462 e. The second-order valence-electron chi connectivity index (χ2n) is 10.4. The number of nitrogens with one attached hydrogen (secondary N) is 1. The van der Waals surface area contributed by atoms with Gasteiger partial charge in [0.25, 0.3) is 0 Å². The number of anilines is 2. The van der Waals surface area contributed by atoms with Crippen LogP contribution >= 0.6 is 0 Å². The van der Waals surface area contributed by atoms with Crippen LogP contribution in [0.2, 0.25) is 0 Å². The minimum atomic E-state index is -4.93. The number of ether oxygens (including phenoxy) is 1. The predicted molar refractivity (Wildman–Crippen MR) is 136 cm³/mol. The number of carbonyl (C=O) groups excluding carboxylic acids is 1. The first kappa shape index (κ1) is 28.7. The number of nitrogens with zero attached hydrogens (tertiary/aromatic N) is 7. The fourth-order valence-electron chi connectivity index (χ4n) is 5.68. The van der Waals surface area contributed by atoms with Gasteiger partial charge in [-0.05, 0) is 12.8 Å². The molecule has 3 aliphatic heterocycles. The molecule has 3 aliphatic rings. The molecule has 0 spiro atoms. The number of hydrogen-bond acceptors (Lipinski definition) is 9. The minimum absolute atomic E-state index is 0.0241. The monoisotopic (exact) mass is 580 g/mol. The second kappa shape index (κ2) is 11.6. The lowest BCUT2D eigenvalue weighted by molar-refractivity contribution is -0.139. The van der Waals surface area contributed by atoms with E-state index >= 15 is 0 Å². The van der Waals surface area contributed by atoms with Crippen molar-refractivity contribution in [1.29, 1.82) is 5.26 Å². The molecule has 5 heterocycles. The molecule has 0 saturated carbocycles. The van der Waals surface area contributed by atoms with Crippen molar-refractivity contribution in [2.24, 2.45) is 0 Å². The third kappa shape index (κ3) is 6.12. The van der Waals surface area contributed by atoms with Crippen LogP contribution in [-0.4, -0.2) is 83.3 Å². The van der Waals surface area contributed by atoms with Crippen LogP contribution in [0, 0.1) is 17.1 Å². The normalized spacial score (nSPS) is 22.9. The van der Waals surface area contributed by atoms with E-state index in [1.807, 2.05) is 4.90 Å². The third-order valence-electron chi connectivity index (χ3n) is 7.62. The summed E-state index contributed by atoms with van der Waals surface area (Å²) in [7, 11) is 0. The summed E-state index contributed by atoms with van der Waals surface area (Å²) in [5.74, 6) is -1.10. The fraction of sp³-hybridized carbons (Fsp3) is 0.577. The zero-order valence-corrected chi connectivity index (χ0v) is 22.3. The van der Waals surface area contributed by atoms with E-state index in [1.165, 1.54) is 11.8 Å². The molecule has 0 aliphatic carbocycles. The highest BCUT2D eigenvalue weighted by Gasteiger charge is 2.40.